The second kappa shape index (κ2) is 8.06. The van der Waals surface area contributed by atoms with Crippen molar-refractivity contribution in [1.29, 1.82) is 0 Å². The van der Waals surface area contributed by atoms with Gasteiger partial charge in [-0.25, -0.2) is 0 Å². The summed E-state index contributed by atoms with van der Waals surface area (Å²) in [5, 5.41) is 7.04. The van der Waals surface area contributed by atoms with Crippen LogP contribution in [-0.2, 0) is 5.75 Å². The summed E-state index contributed by atoms with van der Waals surface area (Å²) in [7, 11) is 4.03. The van der Waals surface area contributed by atoms with E-state index in [0.29, 0.717) is 12.1 Å². The smallest absolute Gasteiger partial charge is 0.252 e. The lowest BCUT2D eigenvalue weighted by Crippen LogP contribution is -2.48. The van der Waals surface area contributed by atoms with Crippen LogP contribution in [0.15, 0.2) is 33.7 Å². The van der Waals surface area contributed by atoms with Gasteiger partial charge < -0.3 is 14.7 Å². The van der Waals surface area contributed by atoms with Gasteiger partial charge >= 0.3 is 0 Å². The number of thioether (sulfide) groups is 1. The molecule has 1 aromatic carbocycles. The molecular formula is C19H27N3O2S. The molecule has 2 rings (SSSR count). The third kappa shape index (κ3) is 4.86. The van der Waals surface area contributed by atoms with Crippen LogP contribution in [-0.4, -0.2) is 42.1 Å². The van der Waals surface area contributed by atoms with Crippen LogP contribution < -0.4 is 5.32 Å². The van der Waals surface area contributed by atoms with Crippen molar-refractivity contribution in [3.8, 4) is 0 Å². The van der Waals surface area contributed by atoms with Gasteiger partial charge in [0.25, 0.3) is 5.91 Å². The Morgan fingerprint density at radius 2 is 1.96 bits per heavy atom. The van der Waals surface area contributed by atoms with Crippen LogP contribution in [0.1, 0.15) is 41.2 Å². The highest BCUT2D eigenvalue weighted by Gasteiger charge is 2.22. The third-order valence-corrected chi connectivity index (χ3v) is 5.68. The molecule has 0 bridgehead atoms. The number of aromatic nitrogens is 1. The largest absolute Gasteiger partial charge is 0.361 e. The Bertz CT molecular complexity index is 719. The van der Waals surface area contributed by atoms with E-state index in [2.05, 4.69) is 29.2 Å². The zero-order valence-corrected chi connectivity index (χ0v) is 16.7. The van der Waals surface area contributed by atoms with E-state index in [9.17, 15) is 4.79 Å². The number of nitrogens with one attached hydrogen (secondary N) is 1. The first-order valence-corrected chi connectivity index (χ1v) is 9.30. The van der Waals surface area contributed by atoms with E-state index in [-0.39, 0.29) is 11.4 Å². The summed E-state index contributed by atoms with van der Waals surface area (Å²) in [6.45, 7) is 8.64. The zero-order valence-electron chi connectivity index (χ0n) is 15.8. The molecule has 6 heteroatoms. The number of nitrogens with zero attached hydrogens (tertiary/aromatic N) is 2. The Balaban J connectivity index is 2.08. The zero-order chi connectivity index (χ0) is 18.6. The molecule has 0 aliphatic heterocycles. The molecular weight excluding hydrogens is 334 g/mol. The number of hydrogen-bond acceptors (Lipinski definition) is 5. The van der Waals surface area contributed by atoms with Crippen LogP contribution in [0.25, 0.3) is 0 Å². The minimum absolute atomic E-state index is 0.0446. The molecule has 136 valence electrons. The summed E-state index contributed by atoms with van der Waals surface area (Å²) >= 11 is 1.63. The van der Waals surface area contributed by atoms with Gasteiger partial charge in [0.1, 0.15) is 5.76 Å². The molecule has 25 heavy (non-hydrogen) atoms. The maximum absolute atomic E-state index is 12.7. The molecule has 0 spiro atoms. The first-order valence-electron chi connectivity index (χ1n) is 8.31. The molecule has 5 nitrogen and oxygen atoms in total. The topological polar surface area (TPSA) is 58.4 Å². The normalized spacial score (nSPS) is 11.8. The van der Waals surface area contributed by atoms with Crippen molar-refractivity contribution >= 4 is 17.7 Å². The Morgan fingerprint density at radius 3 is 2.56 bits per heavy atom. The van der Waals surface area contributed by atoms with E-state index in [4.69, 9.17) is 4.52 Å². The highest BCUT2D eigenvalue weighted by molar-refractivity contribution is 7.98. The number of benzene rings is 1. The molecule has 0 unspecified atom stereocenters. The van der Waals surface area contributed by atoms with Gasteiger partial charge in [-0.1, -0.05) is 17.3 Å². The van der Waals surface area contributed by atoms with E-state index in [1.165, 1.54) is 0 Å². The minimum atomic E-state index is -0.103. The van der Waals surface area contributed by atoms with Gasteiger partial charge in [0.2, 0.25) is 0 Å². The average molecular weight is 362 g/mol. The summed E-state index contributed by atoms with van der Waals surface area (Å²) in [6, 6.07) is 7.70. The molecule has 1 heterocycles. The fourth-order valence-electron chi connectivity index (χ4n) is 2.19. The summed E-state index contributed by atoms with van der Waals surface area (Å²) < 4.78 is 5.21. The number of carbonyl (C=O) groups is 1. The predicted molar refractivity (Wildman–Crippen MR) is 102 cm³/mol. The minimum Gasteiger partial charge on any atom is -0.361 e. The van der Waals surface area contributed by atoms with E-state index >= 15 is 0 Å². The van der Waals surface area contributed by atoms with E-state index < -0.39 is 0 Å². The second-order valence-electron chi connectivity index (χ2n) is 6.98. The number of hydrogen-bond donors (Lipinski definition) is 1. The number of carbonyl (C=O) groups excluding carboxylic acids is 1. The van der Waals surface area contributed by atoms with E-state index in [1.807, 2.05) is 52.2 Å². The average Bonchev–Trinajstić information content (AvgIpc) is 2.89. The second-order valence-corrected chi connectivity index (χ2v) is 7.99. The standard InChI is InChI=1S/C19H27N3O2S/c1-13-16(14(2)24-21-13)11-25-17-10-8-7-9-15(17)18(23)20-12-19(3,4)22(5)6/h7-10H,11-12H2,1-6H3,(H,20,23). The van der Waals surface area contributed by atoms with Gasteiger partial charge in [0, 0.05) is 28.3 Å². The number of aryl methyl sites for hydroxylation is 2. The van der Waals surface area contributed by atoms with Crippen LogP contribution >= 0.6 is 11.8 Å². The number of rotatable bonds is 7. The van der Waals surface area contributed by atoms with E-state index in [1.54, 1.807) is 11.8 Å². The lowest BCUT2D eigenvalue weighted by atomic mass is 10.0. The van der Waals surface area contributed by atoms with Crippen molar-refractivity contribution < 1.29 is 9.32 Å². The molecule has 1 aromatic heterocycles. The monoisotopic (exact) mass is 361 g/mol. The lowest BCUT2D eigenvalue weighted by molar-refractivity contribution is 0.0917. The highest BCUT2D eigenvalue weighted by Crippen LogP contribution is 2.28. The maximum atomic E-state index is 12.7. The molecule has 0 aliphatic rings. The van der Waals surface area contributed by atoms with Crippen molar-refractivity contribution in [3.05, 3.63) is 46.8 Å². The first kappa shape index (κ1) is 19.5. The Morgan fingerprint density at radius 1 is 1.28 bits per heavy atom. The fourth-order valence-corrected chi connectivity index (χ4v) is 3.39. The fraction of sp³-hybridized carbons (Fsp3) is 0.474. The van der Waals surface area contributed by atoms with Crippen molar-refractivity contribution in [2.24, 2.45) is 0 Å². The summed E-state index contributed by atoms with van der Waals surface area (Å²) in [5.41, 5.74) is 2.59. The maximum Gasteiger partial charge on any atom is 0.252 e. The van der Waals surface area contributed by atoms with Crippen molar-refractivity contribution in [2.45, 2.75) is 43.9 Å². The van der Waals surface area contributed by atoms with Crippen LogP contribution in [0.5, 0.6) is 0 Å². The molecule has 0 aliphatic carbocycles. The van der Waals surface area contributed by atoms with Crippen molar-refractivity contribution in [3.63, 3.8) is 0 Å². The quantitative estimate of drug-likeness (QED) is 0.763. The SMILES string of the molecule is Cc1noc(C)c1CSc1ccccc1C(=O)NCC(C)(C)N(C)C. The Kier molecular flexibility index (Phi) is 6.30. The van der Waals surface area contributed by atoms with Gasteiger partial charge in [-0.15, -0.1) is 11.8 Å². The highest BCUT2D eigenvalue weighted by atomic mass is 32.2. The van der Waals surface area contributed by atoms with Gasteiger partial charge in [0.05, 0.1) is 11.3 Å². The van der Waals surface area contributed by atoms with Crippen LogP contribution in [0.4, 0.5) is 0 Å². The molecule has 0 saturated carbocycles. The van der Waals surface area contributed by atoms with Gasteiger partial charge in [0.15, 0.2) is 0 Å². The molecule has 0 saturated heterocycles. The Labute approximate surface area is 154 Å². The molecule has 1 N–H and O–H groups in total. The molecule has 0 atom stereocenters. The summed E-state index contributed by atoms with van der Waals surface area (Å²) in [5.74, 6) is 1.52. The first-order chi connectivity index (χ1) is 11.7. The van der Waals surface area contributed by atoms with Crippen LogP contribution in [0.3, 0.4) is 0 Å². The van der Waals surface area contributed by atoms with Crippen LogP contribution in [0, 0.1) is 13.8 Å². The van der Waals surface area contributed by atoms with Gasteiger partial charge in [-0.2, -0.15) is 0 Å². The molecule has 2 aromatic rings. The van der Waals surface area contributed by atoms with Gasteiger partial charge in [-0.3, -0.25) is 4.79 Å². The molecule has 0 fully saturated rings. The summed E-state index contributed by atoms with van der Waals surface area (Å²) in [6.07, 6.45) is 0. The number of likely N-dealkylation sites (N-methyl/N-ethyl adjacent to an activating group) is 1. The van der Waals surface area contributed by atoms with E-state index in [0.717, 1.165) is 27.7 Å². The van der Waals surface area contributed by atoms with Crippen molar-refractivity contribution in [1.82, 2.24) is 15.4 Å². The van der Waals surface area contributed by atoms with Crippen molar-refractivity contribution in [2.75, 3.05) is 20.6 Å². The predicted octanol–water partition coefficient (Wildman–Crippen LogP) is 3.65. The van der Waals surface area contributed by atoms with Gasteiger partial charge in [-0.05, 0) is 53.9 Å². The number of amides is 1. The third-order valence-electron chi connectivity index (χ3n) is 4.58. The Hall–Kier alpha value is -1.79. The van der Waals surface area contributed by atoms with Crippen LogP contribution in [0.2, 0.25) is 0 Å². The molecule has 0 radical (unpaired) electrons. The molecule has 1 amide bonds. The summed E-state index contributed by atoms with van der Waals surface area (Å²) in [4.78, 5) is 15.7. The lowest BCUT2D eigenvalue weighted by Gasteiger charge is -2.32.